The van der Waals surface area contributed by atoms with Crippen LogP contribution in [0.4, 0.5) is 0 Å². The van der Waals surface area contributed by atoms with Crippen molar-refractivity contribution in [1.82, 2.24) is 10.3 Å². The molecular formula is C15H18N2OS2. The molecule has 5 heteroatoms. The highest BCUT2D eigenvalue weighted by atomic mass is 32.1. The Labute approximate surface area is 126 Å². The molecule has 0 aliphatic heterocycles. The van der Waals surface area contributed by atoms with Crippen LogP contribution in [0.3, 0.4) is 0 Å². The van der Waals surface area contributed by atoms with Gasteiger partial charge in [0.15, 0.2) is 11.7 Å². The van der Waals surface area contributed by atoms with Gasteiger partial charge in [-0.15, -0.1) is 22.7 Å². The van der Waals surface area contributed by atoms with Gasteiger partial charge >= 0.3 is 0 Å². The molecule has 0 saturated carbocycles. The Hall–Kier alpha value is -1.17. The topological polar surface area (TPSA) is 38.1 Å². The predicted molar refractivity (Wildman–Crippen MR) is 86.7 cm³/mol. The first-order valence-corrected chi connectivity index (χ1v) is 8.69. The normalized spacial score (nSPS) is 11.4. The van der Waals surface area contributed by atoms with Crippen LogP contribution in [0.5, 0.6) is 0 Å². The maximum Gasteiger partial charge on any atom is 0.194 e. The highest BCUT2D eigenvalue weighted by Crippen LogP contribution is 2.36. The summed E-state index contributed by atoms with van der Waals surface area (Å²) >= 11 is 3.54. The van der Waals surface area contributed by atoms with E-state index in [2.05, 4.69) is 34.7 Å². The van der Waals surface area contributed by atoms with Crippen LogP contribution in [0.1, 0.15) is 25.7 Å². The SMILES string of the molecule is CCCNCCCc1ncc(-c2cc3sccc3s2)o1. The van der Waals surface area contributed by atoms with E-state index >= 15 is 0 Å². The van der Waals surface area contributed by atoms with Gasteiger partial charge in [0.25, 0.3) is 0 Å². The molecular weight excluding hydrogens is 288 g/mol. The van der Waals surface area contributed by atoms with Gasteiger partial charge in [-0.1, -0.05) is 6.92 Å². The quantitative estimate of drug-likeness (QED) is 0.651. The average molecular weight is 306 g/mol. The molecule has 3 heterocycles. The van der Waals surface area contributed by atoms with Crippen LogP contribution in [-0.2, 0) is 6.42 Å². The third-order valence-corrected chi connectivity index (χ3v) is 5.21. The van der Waals surface area contributed by atoms with Crippen molar-refractivity contribution in [2.75, 3.05) is 13.1 Å². The first-order chi connectivity index (χ1) is 9.86. The fourth-order valence-corrected chi connectivity index (χ4v) is 4.15. The largest absolute Gasteiger partial charge is 0.440 e. The van der Waals surface area contributed by atoms with E-state index in [4.69, 9.17) is 4.42 Å². The number of aryl methyl sites for hydroxylation is 1. The predicted octanol–water partition coefficient (Wildman–Crippen LogP) is 4.55. The lowest BCUT2D eigenvalue weighted by Gasteiger charge is -2.00. The van der Waals surface area contributed by atoms with E-state index < -0.39 is 0 Å². The van der Waals surface area contributed by atoms with Crippen LogP contribution >= 0.6 is 22.7 Å². The third-order valence-electron chi connectivity index (χ3n) is 3.11. The number of hydrogen-bond donors (Lipinski definition) is 1. The number of thiophene rings is 2. The number of fused-ring (bicyclic) bond motifs is 1. The number of aromatic nitrogens is 1. The molecule has 0 atom stereocenters. The van der Waals surface area contributed by atoms with Crippen LogP contribution in [0.15, 0.2) is 28.1 Å². The van der Waals surface area contributed by atoms with Crippen LogP contribution < -0.4 is 5.32 Å². The second-order valence-corrected chi connectivity index (χ2v) is 6.76. The van der Waals surface area contributed by atoms with Gasteiger partial charge in [0.1, 0.15) is 0 Å². The van der Waals surface area contributed by atoms with Crippen molar-refractivity contribution in [3.63, 3.8) is 0 Å². The molecule has 0 fully saturated rings. The van der Waals surface area contributed by atoms with E-state index in [1.165, 1.54) is 20.7 Å². The Morgan fingerprint density at radius 1 is 1.30 bits per heavy atom. The maximum atomic E-state index is 5.85. The van der Waals surface area contributed by atoms with Crippen LogP contribution in [-0.4, -0.2) is 18.1 Å². The molecule has 0 bridgehead atoms. The molecule has 0 unspecified atom stereocenters. The van der Waals surface area contributed by atoms with Gasteiger partial charge in [-0.05, 0) is 43.4 Å². The second kappa shape index (κ2) is 6.52. The molecule has 0 saturated heterocycles. The molecule has 3 aromatic heterocycles. The summed E-state index contributed by atoms with van der Waals surface area (Å²) in [6.45, 7) is 4.29. The zero-order valence-corrected chi connectivity index (χ0v) is 13.1. The molecule has 20 heavy (non-hydrogen) atoms. The lowest BCUT2D eigenvalue weighted by molar-refractivity contribution is 0.492. The standard InChI is InChI=1S/C15H18N2OS2/c1-2-6-16-7-3-4-15-17-10-11(18-15)13-9-14-12(20-13)5-8-19-14/h5,8-10,16H,2-4,6-7H2,1H3. The lowest BCUT2D eigenvalue weighted by Crippen LogP contribution is -2.16. The number of nitrogens with zero attached hydrogens (tertiary/aromatic N) is 1. The molecule has 0 spiro atoms. The van der Waals surface area contributed by atoms with Crippen molar-refractivity contribution < 1.29 is 4.42 Å². The molecule has 3 rings (SSSR count). The lowest BCUT2D eigenvalue weighted by atomic mass is 10.3. The number of oxazole rings is 1. The molecule has 3 nitrogen and oxygen atoms in total. The minimum absolute atomic E-state index is 0.843. The number of hydrogen-bond acceptors (Lipinski definition) is 5. The van der Waals surface area contributed by atoms with Gasteiger partial charge in [0.05, 0.1) is 11.1 Å². The van der Waals surface area contributed by atoms with E-state index in [1.54, 1.807) is 22.7 Å². The van der Waals surface area contributed by atoms with Gasteiger partial charge in [0, 0.05) is 15.8 Å². The summed E-state index contributed by atoms with van der Waals surface area (Å²) in [5.41, 5.74) is 0. The third kappa shape index (κ3) is 3.11. The minimum Gasteiger partial charge on any atom is -0.440 e. The number of rotatable bonds is 7. The van der Waals surface area contributed by atoms with E-state index in [-0.39, 0.29) is 0 Å². The van der Waals surface area contributed by atoms with E-state index in [1.807, 2.05) is 6.20 Å². The van der Waals surface area contributed by atoms with Gasteiger partial charge in [0.2, 0.25) is 0 Å². The molecule has 106 valence electrons. The van der Waals surface area contributed by atoms with Gasteiger partial charge in [-0.25, -0.2) is 4.98 Å². The van der Waals surface area contributed by atoms with E-state index in [0.717, 1.165) is 37.6 Å². The zero-order chi connectivity index (χ0) is 13.8. The molecule has 0 radical (unpaired) electrons. The fourth-order valence-electron chi connectivity index (χ4n) is 2.09. The van der Waals surface area contributed by atoms with Crippen molar-refractivity contribution in [1.29, 1.82) is 0 Å². The van der Waals surface area contributed by atoms with E-state index in [0.29, 0.717) is 0 Å². The monoisotopic (exact) mass is 306 g/mol. The number of nitrogens with one attached hydrogen (secondary N) is 1. The summed E-state index contributed by atoms with van der Waals surface area (Å²) < 4.78 is 8.50. The Balaban J connectivity index is 1.60. The summed E-state index contributed by atoms with van der Waals surface area (Å²) in [6.07, 6.45) is 5.00. The Kier molecular flexibility index (Phi) is 4.50. The minimum atomic E-state index is 0.843. The Bertz CT molecular complexity index is 640. The van der Waals surface area contributed by atoms with Crippen molar-refractivity contribution in [3.8, 4) is 10.6 Å². The first kappa shape index (κ1) is 13.8. The summed E-state index contributed by atoms with van der Waals surface area (Å²) in [4.78, 5) is 5.56. The van der Waals surface area contributed by atoms with Crippen LogP contribution in [0.2, 0.25) is 0 Å². The summed E-state index contributed by atoms with van der Waals surface area (Å²) in [6, 6.07) is 4.35. The fraction of sp³-hybridized carbons (Fsp3) is 0.400. The summed E-state index contributed by atoms with van der Waals surface area (Å²) in [7, 11) is 0. The molecule has 0 aliphatic carbocycles. The molecule has 0 aromatic carbocycles. The zero-order valence-electron chi connectivity index (χ0n) is 11.5. The van der Waals surface area contributed by atoms with Crippen molar-refractivity contribution in [2.45, 2.75) is 26.2 Å². The first-order valence-electron chi connectivity index (χ1n) is 6.99. The van der Waals surface area contributed by atoms with Crippen molar-refractivity contribution in [2.24, 2.45) is 0 Å². The Morgan fingerprint density at radius 3 is 3.10 bits per heavy atom. The average Bonchev–Trinajstić information content (AvgIpc) is 3.12. The molecule has 1 N–H and O–H groups in total. The van der Waals surface area contributed by atoms with Crippen LogP contribution in [0.25, 0.3) is 20.0 Å². The maximum absolute atomic E-state index is 5.85. The van der Waals surface area contributed by atoms with Gasteiger partial charge in [-0.3, -0.25) is 0 Å². The van der Waals surface area contributed by atoms with Gasteiger partial charge < -0.3 is 9.73 Å². The molecule has 0 aliphatic rings. The highest BCUT2D eigenvalue weighted by Gasteiger charge is 2.10. The summed E-state index contributed by atoms with van der Waals surface area (Å²) in [5, 5.41) is 5.52. The van der Waals surface area contributed by atoms with Crippen molar-refractivity contribution in [3.05, 3.63) is 29.6 Å². The van der Waals surface area contributed by atoms with Crippen LogP contribution in [0, 0.1) is 0 Å². The molecule has 0 amide bonds. The highest BCUT2D eigenvalue weighted by molar-refractivity contribution is 7.28. The van der Waals surface area contributed by atoms with E-state index in [9.17, 15) is 0 Å². The smallest absolute Gasteiger partial charge is 0.194 e. The molecule has 3 aromatic rings. The van der Waals surface area contributed by atoms with Crippen molar-refractivity contribution >= 4 is 32.1 Å². The second-order valence-electron chi connectivity index (χ2n) is 4.73. The summed E-state index contributed by atoms with van der Waals surface area (Å²) in [5.74, 6) is 1.74. The Morgan fingerprint density at radius 2 is 2.25 bits per heavy atom. The van der Waals surface area contributed by atoms with Gasteiger partial charge in [-0.2, -0.15) is 0 Å².